The lowest BCUT2D eigenvalue weighted by atomic mass is 9.91. The first-order chi connectivity index (χ1) is 15.8. The molecule has 0 bridgehead atoms. The van der Waals surface area contributed by atoms with Gasteiger partial charge in [-0.1, -0.05) is 6.92 Å². The molecule has 0 spiro atoms. The van der Waals surface area contributed by atoms with E-state index in [2.05, 4.69) is 39.8 Å². The molecule has 0 radical (unpaired) electrons. The van der Waals surface area contributed by atoms with Gasteiger partial charge in [0, 0.05) is 38.0 Å². The zero-order chi connectivity index (χ0) is 23.7. The predicted octanol–water partition coefficient (Wildman–Crippen LogP) is 3.06. The molecule has 1 fully saturated rings. The van der Waals surface area contributed by atoms with E-state index in [-0.39, 0.29) is 29.9 Å². The first kappa shape index (κ1) is 22.5. The van der Waals surface area contributed by atoms with Gasteiger partial charge >= 0.3 is 5.69 Å². The Bertz CT molecular complexity index is 1250. The number of fused-ring (bicyclic) bond motifs is 1. The van der Waals surface area contributed by atoms with Crippen LogP contribution in [0.4, 0.5) is 5.82 Å². The molecule has 0 N–H and O–H groups in total. The first-order valence-corrected chi connectivity index (χ1v) is 11.1. The van der Waals surface area contributed by atoms with Crippen LogP contribution in [0.5, 0.6) is 11.6 Å². The third-order valence-electron chi connectivity index (χ3n) is 5.90. The fourth-order valence-electron chi connectivity index (χ4n) is 4.17. The van der Waals surface area contributed by atoms with Crippen LogP contribution in [0.2, 0.25) is 0 Å². The molecule has 1 aliphatic heterocycles. The Kier molecular flexibility index (Phi) is 6.18. The van der Waals surface area contributed by atoms with Crippen molar-refractivity contribution in [2.24, 2.45) is 13.0 Å². The summed E-state index contributed by atoms with van der Waals surface area (Å²) < 4.78 is 13.3. The summed E-state index contributed by atoms with van der Waals surface area (Å²) in [5.41, 5.74) is 1.14. The van der Waals surface area contributed by atoms with Crippen molar-refractivity contribution in [1.82, 2.24) is 19.5 Å². The summed E-state index contributed by atoms with van der Waals surface area (Å²) >= 11 is 0. The number of pyridine rings is 2. The van der Waals surface area contributed by atoms with Gasteiger partial charge in [-0.2, -0.15) is 10.2 Å². The van der Waals surface area contributed by atoms with Gasteiger partial charge in [0.05, 0.1) is 17.8 Å². The summed E-state index contributed by atoms with van der Waals surface area (Å²) in [4.78, 5) is 27.8. The lowest BCUT2D eigenvalue weighted by molar-refractivity contribution is 0.102. The molecule has 172 valence electrons. The lowest BCUT2D eigenvalue weighted by Gasteiger charge is -2.42. The van der Waals surface area contributed by atoms with Crippen molar-refractivity contribution in [3.8, 4) is 17.7 Å². The Hall–Kier alpha value is -3.67. The standard InChI is InChI=1S/C24H28N6O3/c1-14(2)32-18-7-9-21(26-12-18)33-20-10-16(4)30(13-15(20)3)23-22-19(29(5)24(31)28-23)8-6-17(11-25)27-22/h6-9,12,14-16,20H,10,13H2,1-5H3/t15-,16+,20?/m0/s1. The molecule has 1 aliphatic rings. The minimum absolute atomic E-state index is 0.0407. The summed E-state index contributed by atoms with van der Waals surface area (Å²) in [7, 11) is 1.66. The number of nitriles is 1. The van der Waals surface area contributed by atoms with Crippen molar-refractivity contribution >= 4 is 16.9 Å². The molecular weight excluding hydrogens is 420 g/mol. The second-order valence-corrected chi connectivity index (χ2v) is 8.82. The molecular formula is C24H28N6O3. The quantitative estimate of drug-likeness (QED) is 0.586. The van der Waals surface area contributed by atoms with Crippen molar-refractivity contribution < 1.29 is 9.47 Å². The van der Waals surface area contributed by atoms with E-state index in [1.54, 1.807) is 25.4 Å². The monoisotopic (exact) mass is 448 g/mol. The summed E-state index contributed by atoms with van der Waals surface area (Å²) in [6.45, 7) is 8.76. The summed E-state index contributed by atoms with van der Waals surface area (Å²) in [6.07, 6.45) is 2.44. The Morgan fingerprint density at radius 1 is 1.18 bits per heavy atom. The number of aromatic nitrogens is 4. The second kappa shape index (κ2) is 9.06. The topological polar surface area (TPSA) is 106 Å². The molecule has 0 aliphatic carbocycles. The van der Waals surface area contributed by atoms with Gasteiger partial charge in [-0.25, -0.2) is 14.8 Å². The van der Waals surface area contributed by atoms with Crippen molar-refractivity contribution in [3.63, 3.8) is 0 Å². The van der Waals surface area contributed by atoms with Gasteiger partial charge in [0.1, 0.15) is 29.1 Å². The molecule has 3 aromatic rings. The molecule has 33 heavy (non-hydrogen) atoms. The molecule has 3 atom stereocenters. The van der Waals surface area contributed by atoms with Gasteiger partial charge in [0.25, 0.3) is 0 Å². The molecule has 1 saturated heterocycles. The summed E-state index contributed by atoms with van der Waals surface area (Å²) in [5, 5.41) is 9.31. The van der Waals surface area contributed by atoms with Crippen LogP contribution in [0.25, 0.3) is 11.0 Å². The number of rotatable bonds is 5. The third-order valence-corrected chi connectivity index (χ3v) is 5.90. The van der Waals surface area contributed by atoms with Crippen molar-refractivity contribution in [3.05, 3.63) is 46.6 Å². The zero-order valence-corrected chi connectivity index (χ0v) is 19.5. The average Bonchev–Trinajstić information content (AvgIpc) is 2.79. The summed E-state index contributed by atoms with van der Waals surface area (Å²) in [6, 6.07) is 9.16. The minimum atomic E-state index is -0.352. The second-order valence-electron chi connectivity index (χ2n) is 8.82. The molecule has 0 saturated carbocycles. The number of piperidine rings is 1. The van der Waals surface area contributed by atoms with Crippen molar-refractivity contribution in [1.29, 1.82) is 5.26 Å². The highest BCUT2D eigenvalue weighted by Gasteiger charge is 2.34. The molecule has 0 amide bonds. The van der Waals surface area contributed by atoms with Crippen LogP contribution < -0.4 is 20.1 Å². The van der Waals surface area contributed by atoms with E-state index < -0.39 is 0 Å². The fourth-order valence-corrected chi connectivity index (χ4v) is 4.17. The number of nitrogens with zero attached hydrogens (tertiary/aromatic N) is 6. The van der Waals surface area contributed by atoms with Crippen LogP contribution in [0, 0.1) is 17.2 Å². The van der Waals surface area contributed by atoms with E-state index >= 15 is 0 Å². The van der Waals surface area contributed by atoms with E-state index in [4.69, 9.17) is 9.47 Å². The molecule has 4 heterocycles. The smallest absolute Gasteiger partial charge is 0.349 e. The Morgan fingerprint density at radius 3 is 2.64 bits per heavy atom. The Balaban J connectivity index is 1.57. The highest BCUT2D eigenvalue weighted by atomic mass is 16.5. The largest absolute Gasteiger partial charge is 0.489 e. The van der Waals surface area contributed by atoms with Gasteiger partial charge in [0.15, 0.2) is 5.82 Å². The molecule has 9 heteroatoms. The van der Waals surface area contributed by atoms with Gasteiger partial charge in [-0.15, -0.1) is 0 Å². The van der Waals surface area contributed by atoms with E-state index in [0.29, 0.717) is 40.7 Å². The highest BCUT2D eigenvalue weighted by Crippen LogP contribution is 2.32. The maximum absolute atomic E-state index is 12.5. The van der Waals surface area contributed by atoms with E-state index in [9.17, 15) is 10.1 Å². The predicted molar refractivity (Wildman–Crippen MR) is 125 cm³/mol. The van der Waals surface area contributed by atoms with Crippen LogP contribution in [-0.2, 0) is 7.05 Å². The van der Waals surface area contributed by atoms with Gasteiger partial charge in [0.2, 0.25) is 5.88 Å². The first-order valence-electron chi connectivity index (χ1n) is 11.1. The van der Waals surface area contributed by atoms with Crippen LogP contribution in [-0.4, -0.2) is 44.3 Å². The number of hydrogen-bond acceptors (Lipinski definition) is 8. The third kappa shape index (κ3) is 4.60. The molecule has 4 rings (SSSR count). The highest BCUT2D eigenvalue weighted by molar-refractivity contribution is 5.86. The molecule has 3 aromatic heterocycles. The zero-order valence-electron chi connectivity index (χ0n) is 19.5. The molecule has 9 nitrogen and oxygen atoms in total. The normalized spacial score (nSPS) is 20.6. The number of aryl methyl sites for hydroxylation is 1. The average molecular weight is 449 g/mol. The van der Waals surface area contributed by atoms with E-state index in [0.717, 1.165) is 6.42 Å². The van der Waals surface area contributed by atoms with E-state index in [1.807, 2.05) is 26.0 Å². The maximum Gasteiger partial charge on any atom is 0.349 e. The Labute approximate surface area is 192 Å². The summed E-state index contributed by atoms with van der Waals surface area (Å²) in [5.74, 6) is 1.92. The van der Waals surface area contributed by atoms with Crippen molar-refractivity contribution in [2.75, 3.05) is 11.4 Å². The van der Waals surface area contributed by atoms with Crippen LogP contribution >= 0.6 is 0 Å². The van der Waals surface area contributed by atoms with Crippen LogP contribution in [0.3, 0.4) is 0 Å². The minimum Gasteiger partial charge on any atom is -0.489 e. The fraction of sp³-hybridized carbons (Fsp3) is 0.458. The molecule has 1 unspecified atom stereocenters. The van der Waals surface area contributed by atoms with Gasteiger partial charge in [-0.05, 0) is 39.0 Å². The number of ether oxygens (including phenoxy) is 2. The number of hydrogen-bond donors (Lipinski definition) is 0. The SMILES string of the molecule is CC(C)Oc1ccc(OC2C[C@@H](C)N(c3nc(=O)n(C)c4ccc(C#N)nc34)C[C@@H]2C)nc1. The van der Waals surface area contributed by atoms with E-state index in [1.165, 1.54) is 4.57 Å². The van der Waals surface area contributed by atoms with Gasteiger partial charge < -0.3 is 14.4 Å². The lowest BCUT2D eigenvalue weighted by Crippen LogP contribution is -2.50. The molecule has 0 aromatic carbocycles. The van der Waals surface area contributed by atoms with Crippen LogP contribution in [0.15, 0.2) is 35.3 Å². The number of anilines is 1. The maximum atomic E-state index is 12.5. The van der Waals surface area contributed by atoms with Crippen molar-refractivity contribution in [2.45, 2.75) is 52.4 Å². The van der Waals surface area contributed by atoms with Crippen LogP contribution in [0.1, 0.15) is 39.8 Å². The van der Waals surface area contributed by atoms with Gasteiger partial charge in [-0.3, -0.25) is 4.57 Å². The Morgan fingerprint density at radius 2 is 1.97 bits per heavy atom.